The molecule has 0 aromatic heterocycles. The molecule has 0 fully saturated rings. The van der Waals surface area contributed by atoms with Crippen molar-refractivity contribution < 1.29 is 14.3 Å². The number of benzene rings is 1. The van der Waals surface area contributed by atoms with Gasteiger partial charge in [-0.1, -0.05) is 27.7 Å². The largest absolute Gasteiger partial charge is 0.465 e. The highest BCUT2D eigenvalue weighted by molar-refractivity contribution is 5.96. The molecule has 0 bridgehead atoms. The van der Waals surface area contributed by atoms with Crippen LogP contribution in [0.15, 0.2) is 24.3 Å². The molecule has 4 heteroatoms. The third-order valence-electron chi connectivity index (χ3n) is 3.79. The SMILES string of the molecule is COC(=O)c1ccc(C(=O)N(CCC(C)C)CCC(C)C)cc1. The molecule has 1 amide bonds. The zero-order chi connectivity index (χ0) is 17.4. The van der Waals surface area contributed by atoms with Gasteiger partial charge in [0.1, 0.15) is 0 Å². The van der Waals surface area contributed by atoms with Crippen LogP contribution in [0.4, 0.5) is 0 Å². The Hall–Kier alpha value is -1.84. The van der Waals surface area contributed by atoms with Crippen molar-refractivity contribution in [2.75, 3.05) is 20.2 Å². The van der Waals surface area contributed by atoms with Gasteiger partial charge in [-0.3, -0.25) is 4.79 Å². The lowest BCUT2D eigenvalue weighted by atomic mass is 10.1. The van der Waals surface area contributed by atoms with Crippen LogP contribution in [0.2, 0.25) is 0 Å². The van der Waals surface area contributed by atoms with Gasteiger partial charge in [-0.05, 0) is 48.9 Å². The normalized spacial score (nSPS) is 10.9. The molecule has 1 rings (SSSR count). The van der Waals surface area contributed by atoms with Crippen LogP contribution in [0.25, 0.3) is 0 Å². The highest BCUT2D eigenvalue weighted by Gasteiger charge is 2.17. The maximum Gasteiger partial charge on any atom is 0.337 e. The molecule has 0 heterocycles. The van der Waals surface area contributed by atoms with Crippen molar-refractivity contribution in [2.45, 2.75) is 40.5 Å². The molecule has 4 nitrogen and oxygen atoms in total. The minimum absolute atomic E-state index is 0.0303. The molecular formula is C19H29NO3. The van der Waals surface area contributed by atoms with Crippen LogP contribution in [0.5, 0.6) is 0 Å². The van der Waals surface area contributed by atoms with Crippen molar-refractivity contribution in [1.82, 2.24) is 4.90 Å². The van der Waals surface area contributed by atoms with E-state index >= 15 is 0 Å². The molecule has 1 aromatic carbocycles. The van der Waals surface area contributed by atoms with Gasteiger partial charge < -0.3 is 9.64 Å². The van der Waals surface area contributed by atoms with Crippen molar-refractivity contribution in [3.8, 4) is 0 Å². The topological polar surface area (TPSA) is 46.6 Å². The van der Waals surface area contributed by atoms with Gasteiger partial charge >= 0.3 is 5.97 Å². The van der Waals surface area contributed by atoms with Gasteiger partial charge in [0.05, 0.1) is 12.7 Å². The van der Waals surface area contributed by atoms with Gasteiger partial charge in [-0.2, -0.15) is 0 Å². The van der Waals surface area contributed by atoms with E-state index in [4.69, 9.17) is 0 Å². The molecule has 0 atom stereocenters. The Bertz CT molecular complexity index is 494. The molecule has 1 aromatic rings. The summed E-state index contributed by atoms with van der Waals surface area (Å²) in [4.78, 5) is 26.1. The molecule has 0 radical (unpaired) electrons. The summed E-state index contributed by atoms with van der Waals surface area (Å²) in [6.45, 7) is 10.2. The van der Waals surface area contributed by atoms with Crippen LogP contribution in [0, 0.1) is 11.8 Å². The van der Waals surface area contributed by atoms with Crippen LogP contribution in [-0.4, -0.2) is 37.0 Å². The molecule has 0 saturated heterocycles. The van der Waals surface area contributed by atoms with E-state index in [1.807, 2.05) is 4.90 Å². The summed E-state index contributed by atoms with van der Waals surface area (Å²) in [7, 11) is 1.35. The minimum atomic E-state index is -0.388. The van der Waals surface area contributed by atoms with E-state index in [2.05, 4.69) is 32.4 Å². The zero-order valence-electron chi connectivity index (χ0n) is 15.0. The fourth-order valence-corrected chi connectivity index (χ4v) is 2.19. The molecule has 0 spiro atoms. The summed E-state index contributed by atoms with van der Waals surface area (Å²) >= 11 is 0. The summed E-state index contributed by atoms with van der Waals surface area (Å²) in [5.74, 6) is 0.764. The molecule has 0 unspecified atom stereocenters. The van der Waals surface area contributed by atoms with Crippen molar-refractivity contribution in [1.29, 1.82) is 0 Å². The van der Waals surface area contributed by atoms with E-state index in [1.54, 1.807) is 24.3 Å². The van der Waals surface area contributed by atoms with E-state index in [1.165, 1.54) is 7.11 Å². The first-order valence-corrected chi connectivity index (χ1v) is 8.32. The van der Waals surface area contributed by atoms with Gasteiger partial charge in [-0.25, -0.2) is 4.79 Å². The number of esters is 1. The molecule has 0 saturated carbocycles. The van der Waals surface area contributed by atoms with Crippen molar-refractivity contribution in [3.05, 3.63) is 35.4 Å². The monoisotopic (exact) mass is 319 g/mol. The van der Waals surface area contributed by atoms with Crippen molar-refractivity contribution in [2.24, 2.45) is 11.8 Å². The molecule has 0 aliphatic heterocycles. The number of carbonyl (C=O) groups is 2. The number of hydrogen-bond donors (Lipinski definition) is 0. The maximum absolute atomic E-state index is 12.7. The van der Waals surface area contributed by atoms with E-state index in [-0.39, 0.29) is 11.9 Å². The maximum atomic E-state index is 12.7. The minimum Gasteiger partial charge on any atom is -0.465 e. The smallest absolute Gasteiger partial charge is 0.337 e. The van der Waals surface area contributed by atoms with Gasteiger partial charge in [-0.15, -0.1) is 0 Å². The number of amides is 1. The molecule has 0 N–H and O–H groups in total. The summed E-state index contributed by atoms with van der Waals surface area (Å²) in [6.07, 6.45) is 1.98. The predicted octanol–water partition coefficient (Wildman–Crippen LogP) is 4.01. The fraction of sp³-hybridized carbons (Fsp3) is 0.579. The second-order valence-corrected chi connectivity index (χ2v) is 6.73. The van der Waals surface area contributed by atoms with E-state index in [9.17, 15) is 9.59 Å². The van der Waals surface area contributed by atoms with Crippen molar-refractivity contribution in [3.63, 3.8) is 0 Å². The van der Waals surface area contributed by atoms with Crippen LogP contribution in [-0.2, 0) is 4.74 Å². The summed E-state index contributed by atoms with van der Waals surface area (Å²) < 4.78 is 4.68. The number of rotatable bonds is 8. The van der Waals surface area contributed by atoms with Crippen LogP contribution in [0.1, 0.15) is 61.3 Å². The predicted molar refractivity (Wildman–Crippen MR) is 92.6 cm³/mol. The molecule has 23 heavy (non-hydrogen) atoms. The third kappa shape index (κ3) is 6.43. The number of ether oxygens (including phenoxy) is 1. The number of methoxy groups -OCH3 is 1. The lowest BCUT2D eigenvalue weighted by Crippen LogP contribution is -2.34. The fourth-order valence-electron chi connectivity index (χ4n) is 2.19. The average Bonchev–Trinajstić information content (AvgIpc) is 2.53. The Morgan fingerprint density at radius 2 is 1.35 bits per heavy atom. The van der Waals surface area contributed by atoms with E-state index < -0.39 is 0 Å². The highest BCUT2D eigenvalue weighted by Crippen LogP contribution is 2.13. The standard InChI is InChI=1S/C19H29NO3/c1-14(2)10-12-20(13-11-15(3)4)18(21)16-6-8-17(9-7-16)19(22)23-5/h6-9,14-15H,10-13H2,1-5H3. The first-order valence-electron chi connectivity index (χ1n) is 8.32. The molecule has 128 valence electrons. The van der Waals surface area contributed by atoms with Crippen LogP contribution >= 0.6 is 0 Å². The highest BCUT2D eigenvalue weighted by atomic mass is 16.5. The average molecular weight is 319 g/mol. The lowest BCUT2D eigenvalue weighted by molar-refractivity contribution is 0.0599. The quantitative estimate of drug-likeness (QED) is 0.680. The van der Waals surface area contributed by atoms with Gasteiger partial charge in [0.25, 0.3) is 5.91 Å². The van der Waals surface area contributed by atoms with Crippen LogP contribution < -0.4 is 0 Å². The number of nitrogens with zero attached hydrogens (tertiary/aromatic N) is 1. The summed E-state index contributed by atoms with van der Waals surface area (Å²) in [5.41, 5.74) is 1.07. The number of hydrogen-bond acceptors (Lipinski definition) is 3. The van der Waals surface area contributed by atoms with E-state index in [0.717, 1.165) is 25.9 Å². The van der Waals surface area contributed by atoms with Gasteiger partial charge in [0.15, 0.2) is 0 Å². The molecular weight excluding hydrogens is 290 g/mol. The van der Waals surface area contributed by atoms with Crippen molar-refractivity contribution >= 4 is 11.9 Å². The Kier molecular flexibility index (Phi) is 7.79. The zero-order valence-corrected chi connectivity index (χ0v) is 15.0. The van der Waals surface area contributed by atoms with Gasteiger partial charge in [0, 0.05) is 18.7 Å². The molecule has 0 aliphatic rings. The second-order valence-electron chi connectivity index (χ2n) is 6.73. The Balaban J connectivity index is 2.83. The first-order chi connectivity index (χ1) is 10.8. The van der Waals surface area contributed by atoms with E-state index in [0.29, 0.717) is 23.0 Å². The number of carbonyl (C=O) groups excluding carboxylic acids is 2. The summed E-state index contributed by atoms with van der Waals surface area (Å²) in [6, 6.07) is 6.68. The second kappa shape index (κ2) is 9.33. The third-order valence-corrected chi connectivity index (χ3v) is 3.79. The Morgan fingerprint density at radius 1 is 0.913 bits per heavy atom. The van der Waals surface area contributed by atoms with Gasteiger partial charge in [0.2, 0.25) is 0 Å². The molecule has 0 aliphatic carbocycles. The Morgan fingerprint density at radius 3 is 1.74 bits per heavy atom. The summed E-state index contributed by atoms with van der Waals surface area (Å²) in [5, 5.41) is 0. The first kappa shape index (κ1) is 19.2. The lowest BCUT2D eigenvalue weighted by Gasteiger charge is -2.24. The van der Waals surface area contributed by atoms with Crippen LogP contribution in [0.3, 0.4) is 0 Å². The Labute approximate surface area is 139 Å².